The van der Waals surface area contributed by atoms with Crippen LogP contribution in [0.25, 0.3) is 0 Å². The second-order valence-electron chi connectivity index (χ2n) is 4.15. The van der Waals surface area contributed by atoms with Gasteiger partial charge in [-0.15, -0.1) is 6.58 Å². The fourth-order valence-electron chi connectivity index (χ4n) is 1.94. The topological polar surface area (TPSA) is 40.5 Å². The molecule has 1 saturated heterocycles. The molecule has 0 aromatic carbocycles. The molecule has 1 heterocycles. The monoisotopic (exact) mass is 227 g/mol. The molecular formula is C13H25NO2. The normalized spacial score (nSPS) is 20.0. The van der Waals surface area contributed by atoms with E-state index in [9.17, 15) is 4.79 Å². The van der Waals surface area contributed by atoms with E-state index in [1.54, 1.807) is 6.08 Å². The highest BCUT2D eigenvalue weighted by Crippen LogP contribution is 2.17. The summed E-state index contributed by atoms with van der Waals surface area (Å²) in [7, 11) is 0. The van der Waals surface area contributed by atoms with Crippen LogP contribution in [0.5, 0.6) is 0 Å². The van der Waals surface area contributed by atoms with Gasteiger partial charge in [0.1, 0.15) is 6.04 Å². The Labute approximate surface area is 99.1 Å². The molecular weight excluding hydrogens is 202 g/mol. The summed E-state index contributed by atoms with van der Waals surface area (Å²) in [6.07, 6.45) is 7.18. The largest absolute Gasteiger partial charge is 0.480 e. The summed E-state index contributed by atoms with van der Waals surface area (Å²) in [6, 6.07) is -0.197. The highest BCUT2D eigenvalue weighted by molar-refractivity contribution is 5.73. The van der Waals surface area contributed by atoms with Gasteiger partial charge < -0.3 is 5.11 Å². The molecule has 0 aromatic heterocycles. The minimum absolute atomic E-state index is 0.197. The van der Waals surface area contributed by atoms with Crippen LogP contribution in [0.1, 0.15) is 46.0 Å². The lowest BCUT2D eigenvalue weighted by Crippen LogP contribution is -2.36. The molecule has 0 aromatic rings. The Morgan fingerprint density at radius 3 is 2.69 bits per heavy atom. The van der Waals surface area contributed by atoms with Crippen molar-refractivity contribution in [2.24, 2.45) is 0 Å². The molecule has 0 saturated carbocycles. The van der Waals surface area contributed by atoms with Crippen molar-refractivity contribution in [3.8, 4) is 0 Å². The number of aliphatic carboxylic acids is 1. The van der Waals surface area contributed by atoms with Crippen molar-refractivity contribution in [1.29, 1.82) is 0 Å². The van der Waals surface area contributed by atoms with Crippen molar-refractivity contribution in [2.45, 2.75) is 52.0 Å². The molecule has 3 heteroatoms. The number of rotatable bonds is 5. The summed E-state index contributed by atoms with van der Waals surface area (Å²) in [5.41, 5.74) is 0. The zero-order valence-electron chi connectivity index (χ0n) is 10.6. The Bertz CT molecular complexity index is 204. The molecule has 3 nitrogen and oxygen atoms in total. The van der Waals surface area contributed by atoms with E-state index >= 15 is 0 Å². The number of unbranched alkanes of at least 4 members (excludes halogenated alkanes) is 2. The van der Waals surface area contributed by atoms with Gasteiger partial charge in [0, 0.05) is 0 Å². The molecule has 0 aliphatic carbocycles. The summed E-state index contributed by atoms with van der Waals surface area (Å²) in [5.74, 6) is -0.644. The number of nitrogens with zero attached hydrogens (tertiary/aromatic N) is 1. The van der Waals surface area contributed by atoms with Crippen LogP contribution < -0.4 is 0 Å². The fraction of sp³-hybridized carbons (Fsp3) is 0.769. The Balaban J connectivity index is 0.000000673. The van der Waals surface area contributed by atoms with Crippen LogP contribution >= 0.6 is 0 Å². The maximum atomic E-state index is 10.8. The van der Waals surface area contributed by atoms with Gasteiger partial charge in [-0.05, 0) is 39.3 Å². The molecule has 1 rings (SSSR count). The Morgan fingerprint density at radius 2 is 2.19 bits per heavy atom. The van der Waals surface area contributed by atoms with E-state index in [-0.39, 0.29) is 6.04 Å². The standard InChI is InChI=1S/C10H19NO2.C3H6/c1-2-3-4-7-11-8-5-6-9(11)10(12)13;1-3-2/h9H,2-8H2,1H3,(H,12,13);3H,1H2,2H3. The minimum atomic E-state index is -0.644. The third kappa shape index (κ3) is 5.91. The van der Waals surface area contributed by atoms with E-state index in [1.165, 1.54) is 12.8 Å². The van der Waals surface area contributed by atoms with E-state index in [4.69, 9.17) is 5.11 Å². The van der Waals surface area contributed by atoms with Crippen LogP contribution in [-0.2, 0) is 4.79 Å². The van der Waals surface area contributed by atoms with E-state index in [0.717, 1.165) is 32.4 Å². The second kappa shape index (κ2) is 9.40. The Kier molecular flexibility index (Phi) is 8.91. The first-order valence-electron chi connectivity index (χ1n) is 6.21. The zero-order valence-corrected chi connectivity index (χ0v) is 10.6. The van der Waals surface area contributed by atoms with Gasteiger partial charge in [-0.3, -0.25) is 9.69 Å². The predicted octanol–water partition coefficient (Wildman–Crippen LogP) is 2.92. The highest BCUT2D eigenvalue weighted by atomic mass is 16.4. The van der Waals surface area contributed by atoms with Crippen LogP contribution in [0.3, 0.4) is 0 Å². The molecule has 1 aliphatic rings. The minimum Gasteiger partial charge on any atom is -0.480 e. The van der Waals surface area contributed by atoms with Gasteiger partial charge in [-0.1, -0.05) is 25.8 Å². The number of likely N-dealkylation sites (tertiary alicyclic amines) is 1. The summed E-state index contributed by atoms with van der Waals surface area (Å²) in [5, 5.41) is 8.90. The van der Waals surface area contributed by atoms with E-state index in [0.29, 0.717) is 0 Å². The summed E-state index contributed by atoms with van der Waals surface area (Å²) in [6.45, 7) is 9.35. The smallest absolute Gasteiger partial charge is 0.320 e. The van der Waals surface area contributed by atoms with Gasteiger partial charge in [-0.2, -0.15) is 0 Å². The molecule has 1 atom stereocenters. The molecule has 0 spiro atoms. The van der Waals surface area contributed by atoms with Crippen LogP contribution in [0.4, 0.5) is 0 Å². The number of hydrogen-bond acceptors (Lipinski definition) is 2. The van der Waals surface area contributed by atoms with Crippen LogP contribution in [-0.4, -0.2) is 35.1 Å². The third-order valence-corrected chi connectivity index (χ3v) is 2.70. The van der Waals surface area contributed by atoms with Gasteiger partial charge in [0.25, 0.3) is 0 Å². The van der Waals surface area contributed by atoms with Crippen LogP contribution in [0.15, 0.2) is 12.7 Å². The molecule has 0 bridgehead atoms. The average molecular weight is 227 g/mol. The maximum absolute atomic E-state index is 10.8. The summed E-state index contributed by atoms with van der Waals surface area (Å²) >= 11 is 0. The molecule has 1 fully saturated rings. The Morgan fingerprint density at radius 1 is 1.56 bits per heavy atom. The van der Waals surface area contributed by atoms with Crippen molar-refractivity contribution in [2.75, 3.05) is 13.1 Å². The number of allylic oxidation sites excluding steroid dienone is 1. The highest BCUT2D eigenvalue weighted by Gasteiger charge is 2.29. The lowest BCUT2D eigenvalue weighted by Gasteiger charge is -2.20. The third-order valence-electron chi connectivity index (χ3n) is 2.70. The lowest BCUT2D eigenvalue weighted by molar-refractivity contribution is -0.142. The zero-order chi connectivity index (χ0) is 12.4. The van der Waals surface area contributed by atoms with Crippen molar-refractivity contribution in [3.63, 3.8) is 0 Å². The van der Waals surface area contributed by atoms with Crippen molar-refractivity contribution in [3.05, 3.63) is 12.7 Å². The molecule has 1 unspecified atom stereocenters. The van der Waals surface area contributed by atoms with Crippen molar-refractivity contribution >= 4 is 5.97 Å². The average Bonchev–Trinajstić information content (AvgIpc) is 2.68. The number of carboxylic acid groups (broad SMARTS) is 1. The molecule has 1 N–H and O–H groups in total. The van der Waals surface area contributed by atoms with E-state index < -0.39 is 5.97 Å². The number of carboxylic acids is 1. The predicted molar refractivity (Wildman–Crippen MR) is 67.6 cm³/mol. The first-order chi connectivity index (χ1) is 7.67. The van der Waals surface area contributed by atoms with Gasteiger partial charge in [0.2, 0.25) is 0 Å². The van der Waals surface area contributed by atoms with Crippen molar-refractivity contribution in [1.82, 2.24) is 4.90 Å². The van der Waals surface area contributed by atoms with Crippen molar-refractivity contribution < 1.29 is 9.90 Å². The number of hydrogen-bond donors (Lipinski definition) is 1. The lowest BCUT2D eigenvalue weighted by atomic mass is 10.2. The van der Waals surface area contributed by atoms with Gasteiger partial charge in [0.15, 0.2) is 0 Å². The summed E-state index contributed by atoms with van der Waals surface area (Å²) in [4.78, 5) is 12.9. The second-order valence-corrected chi connectivity index (χ2v) is 4.15. The van der Waals surface area contributed by atoms with Crippen LogP contribution in [0.2, 0.25) is 0 Å². The molecule has 0 amide bonds. The molecule has 94 valence electrons. The SMILES string of the molecule is C=CC.CCCCCN1CCCC1C(=O)O. The maximum Gasteiger partial charge on any atom is 0.320 e. The first kappa shape index (κ1) is 15.2. The fourth-order valence-corrected chi connectivity index (χ4v) is 1.94. The van der Waals surface area contributed by atoms with Gasteiger partial charge >= 0.3 is 5.97 Å². The molecule has 0 radical (unpaired) electrons. The van der Waals surface area contributed by atoms with Crippen LogP contribution in [0, 0.1) is 0 Å². The van der Waals surface area contributed by atoms with Gasteiger partial charge in [0.05, 0.1) is 0 Å². The van der Waals surface area contributed by atoms with E-state index in [1.807, 2.05) is 6.92 Å². The number of carbonyl (C=O) groups is 1. The Hall–Kier alpha value is -0.830. The molecule has 16 heavy (non-hydrogen) atoms. The molecule has 1 aliphatic heterocycles. The van der Waals surface area contributed by atoms with E-state index in [2.05, 4.69) is 18.4 Å². The van der Waals surface area contributed by atoms with Gasteiger partial charge in [-0.25, -0.2) is 0 Å². The summed E-state index contributed by atoms with van der Waals surface area (Å²) < 4.78 is 0. The first-order valence-corrected chi connectivity index (χ1v) is 6.21. The quantitative estimate of drug-likeness (QED) is 0.580.